The van der Waals surface area contributed by atoms with E-state index in [1.807, 2.05) is 0 Å². The summed E-state index contributed by atoms with van der Waals surface area (Å²) in [6.45, 7) is -0.360. The first-order valence-electron chi connectivity index (χ1n) is 5.97. The lowest BCUT2D eigenvalue weighted by Gasteiger charge is -2.40. The number of sulfonamides is 1. The molecule has 2 rings (SSSR count). The van der Waals surface area contributed by atoms with Crippen molar-refractivity contribution >= 4 is 16.0 Å². The largest absolute Gasteiger partial charge is 0.478 e. The first kappa shape index (κ1) is 14.9. The number of carboxylic acid groups (broad SMARTS) is 1. The van der Waals surface area contributed by atoms with Gasteiger partial charge < -0.3 is 10.2 Å². The number of carboxylic acids is 1. The summed E-state index contributed by atoms with van der Waals surface area (Å²) < 4.78 is 40.2. The lowest BCUT2D eigenvalue weighted by atomic mass is 9.78. The summed E-state index contributed by atoms with van der Waals surface area (Å²) in [7, 11) is -4.14. The summed E-state index contributed by atoms with van der Waals surface area (Å²) in [6, 6.07) is 2.58. The Labute approximate surface area is 115 Å². The number of aliphatic hydroxyl groups excluding tert-OH is 1. The Hall–Kier alpha value is -1.51. The highest BCUT2D eigenvalue weighted by molar-refractivity contribution is 7.89. The van der Waals surface area contributed by atoms with E-state index in [0.29, 0.717) is 18.9 Å². The second-order valence-corrected chi connectivity index (χ2v) is 6.50. The third kappa shape index (κ3) is 2.67. The summed E-state index contributed by atoms with van der Waals surface area (Å²) >= 11 is 0. The molecule has 3 N–H and O–H groups in total. The molecule has 110 valence electrons. The fourth-order valence-corrected chi connectivity index (χ4v) is 3.60. The molecule has 1 aliphatic carbocycles. The molecule has 1 fully saturated rings. The zero-order valence-corrected chi connectivity index (χ0v) is 11.3. The quantitative estimate of drug-likeness (QED) is 0.743. The molecule has 0 atom stereocenters. The lowest BCUT2D eigenvalue weighted by Crippen LogP contribution is -2.56. The van der Waals surface area contributed by atoms with E-state index < -0.39 is 32.2 Å². The molecule has 20 heavy (non-hydrogen) atoms. The molecule has 0 heterocycles. The Morgan fingerprint density at radius 1 is 1.40 bits per heavy atom. The molecule has 0 bridgehead atoms. The van der Waals surface area contributed by atoms with Crippen LogP contribution in [-0.2, 0) is 10.0 Å². The number of halogens is 1. The van der Waals surface area contributed by atoms with Crippen LogP contribution in [0.4, 0.5) is 4.39 Å². The van der Waals surface area contributed by atoms with Crippen LogP contribution in [0.3, 0.4) is 0 Å². The zero-order chi connectivity index (χ0) is 15.0. The number of nitrogens with one attached hydrogen (secondary N) is 1. The molecule has 0 saturated heterocycles. The fourth-order valence-electron chi connectivity index (χ4n) is 2.09. The number of hydrogen-bond donors (Lipinski definition) is 3. The van der Waals surface area contributed by atoms with Gasteiger partial charge in [-0.15, -0.1) is 0 Å². The van der Waals surface area contributed by atoms with Gasteiger partial charge >= 0.3 is 5.97 Å². The molecule has 0 aromatic heterocycles. The Morgan fingerprint density at radius 2 is 2.05 bits per heavy atom. The number of benzene rings is 1. The van der Waals surface area contributed by atoms with Crippen molar-refractivity contribution in [1.82, 2.24) is 4.72 Å². The van der Waals surface area contributed by atoms with E-state index in [1.54, 1.807) is 0 Å². The minimum atomic E-state index is -4.14. The van der Waals surface area contributed by atoms with Crippen molar-refractivity contribution in [2.24, 2.45) is 0 Å². The molecule has 0 aliphatic heterocycles. The fraction of sp³-hybridized carbons (Fsp3) is 0.417. The summed E-state index contributed by atoms with van der Waals surface area (Å²) in [6.07, 6.45) is 1.75. The lowest BCUT2D eigenvalue weighted by molar-refractivity contribution is 0.0696. The van der Waals surface area contributed by atoms with Crippen LogP contribution in [0.15, 0.2) is 23.1 Å². The van der Waals surface area contributed by atoms with E-state index in [2.05, 4.69) is 4.72 Å². The summed E-state index contributed by atoms with van der Waals surface area (Å²) in [5, 5.41) is 17.9. The van der Waals surface area contributed by atoms with Crippen LogP contribution < -0.4 is 4.72 Å². The van der Waals surface area contributed by atoms with Gasteiger partial charge in [-0.25, -0.2) is 22.3 Å². The minimum absolute atomic E-state index is 0.332. The van der Waals surface area contributed by atoms with Crippen LogP contribution >= 0.6 is 0 Å². The Balaban J connectivity index is 2.32. The average Bonchev–Trinajstić information content (AvgIpc) is 2.33. The van der Waals surface area contributed by atoms with Crippen LogP contribution in [0.5, 0.6) is 0 Å². The maximum atomic E-state index is 13.8. The standard InChI is InChI=1S/C12H14FNO5S/c13-9-6-8(11(16)17)2-3-10(9)20(18,19)14-12(7-15)4-1-5-12/h2-3,6,14-15H,1,4-5,7H2,(H,16,17). The van der Waals surface area contributed by atoms with Crippen LogP contribution in [-0.4, -0.2) is 36.7 Å². The maximum Gasteiger partial charge on any atom is 0.335 e. The predicted octanol–water partition coefficient (Wildman–Crippen LogP) is 0.717. The maximum absolute atomic E-state index is 13.8. The van der Waals surface area contributed by atoms with Gasteiger partial charge in [0, 0.05) is 0 Å². The highest BCUT2D eigenvalue weighted by atomic mass is 32.2. The number of hydrogen-bond acceptors (Lipinski definition) is 4. The van der Waals surface area contributed by atoms with Crippen molar-refractivity contribution in [3.63, 3.8) is 0 Å². The van der Waals surface area contributed by atoms with Crippen molar-refractivity contribution < 1.29 is 27.8 Å². The number of aliphatic hydroxyl groups is 1. The van der Waals surface area contributed by atoms with Gasteiger partial charge in [0.25, 0.3) is 0 Å². The van der Waals surface area contributed by atoms with E-state index in [0.717, 1.165) is 18.6 Å². The van der Waals surface area contributed by atoms with Gasteiger partial charge in [-0.2, -0.15) is 0 Å². The van der Waals surface area contributed by atoms with Gasteiger partial charge in [-0.1, -0.05) is 0 Å². The van der Waals surface area contributed by atoms with Crippen molar-refractivity contribution in [3.05, 3.63) is 29.6 Å². The Morgan fingerprint density at radius 3 is 2.45 bits per heavy atom. The van der Waals surface area contributed by atoms with E-state index in [4.69, 9.17) is 5.11 Å². The molecule has 1 aromatic rings. The second kappa shape index (κ2) is 5.12. The van der Waals surface area contributed by atoms with Gasteiger partial charge in [0.15, 0.2) is 0 Å². The molecular formula is C12H14FNO5S. The SMILES string of the molecule is O=C(O)c1ccc(S(=O)(=O)NC2(CO)CCC2)c(F)c1. The van der Waals surface area contributed by atoms with Crippen LogP contribution in [0.1, 0.15) is 29.6 Å². The first-order valence-corrected chi connectivity index (χ1v) is 7.46. The summed E-state index contributed by atoms with van der Waals surface area (Å²) in [5.74, 6) is -2.48. The topological polar surface area (TPSA) is 104 Å². The summed E-state index contributed by atoms with van der Waals surface area (Å²) in [4.78, 5) is 10.1. The van der Waals surface area contributed by atoms with Crippen LogP contribution in [0.25, 0.3) is 0 Å². The van der Waals surface area contributed by atoms with Gasteiger partial charge in [0.2, 0.25) is 10.0 Å². The summed E-state index contributed by atoms with van der Waals surface area (Å²) in [5.41, 5.74) is -1.27. The van der Waals surface area contributed by atoms with E-state index >= 15 is 0 Å². The molecule has 1 aromatic carbocycles. The molecule has 8 heteroatoms. The first-order chi connectivity index (χ1) is 9.30. The molecular weight excluding hydrogens is 289 g/mol. The highest BCUT2D eigenvalue weighted by Gasteiger charge is 2.40. The Kier molecular flexibility index (Phi) is 3.81. The van der Waals surface area contributed by atoms with Crippen LogP contribution in [0.2, 0.25) is 0 Å². The third-order valence-corrected chi connectivity index (χ3v) is 5.04. The van der Waals surface area contributed by atoms with E-state index in [9.17, 15) is 22.7 Å². The molecule has 0 unspecified atom stereocenters. The minimum Gasteiger partial charge on any atom is -0.478 e. The van der Waals surface area contributed by atoms with Gasteiger partial charge in [-0.05, 0) is 37.5 Å². The molecule has 0 amide bonds. The monoisotopic (exact) mass is 303 g/mol. The second-order valence-electron chi connectivity index (χ2n) is 4.85. The molecule has 1 saturated carbocycles. The normalized spacial score (nSPS) is 17.5. The average molecular weight is 303 g/mol. The van der Waals surface area contributed by atoms with Gasteiger partial charge in [-0.3, -0.25) is 0 Å². The van der Waals surface area contributed by atoms with Crippen molar-refractivity contribution in [2.75, 3.05) is 6.61 Å². The van der Waals surface area contributed by atoms with Crippen molar-refractivity contribution in [3.8, 4) is 0 Å². The Bertz CT molecular complexity index is 634. The number of aromatic carboxylic acids is 1. The van der Waals surface area contributed by atoms with Crippen molar-refractivity contribution in [2.45, 2.75) is 29.7 Å². The van der Waals surface area contributed by atoms with Gasteiger partial charge in [0.05, 0.1) is 17.7 Å². The molecule has 0 spiro atoms. The predicted molar refractivity (Wildman–Crippen MR) is 67.3 cm³/mol. The number of carbonyl (C=O) groups is 1. The highest BCUT2D eigenvalue weighted by Crippen LogP contribution is 2.33. The van der Waals surface area contributed by atoms with E-state index in [-0.39, 0.29) is 12.2 Å². The van der Waals surface area contributed by atoms with Gasteiger partial charge in [0.1, 0.15) is 10.7 Å². The van der Waals surface area contributed by atoms with Crippen LogP contribution in [0, 0.1) is 5.82 Å². The third-order valence-electron chi connectivity index (χ3n) is 3.43. The number of rotatable bonds is 5. The smallest absolute Gasteiger partial charge is 0.335 e. The molecule has 1 aliphatic rings. The molecule has 6 nitrogen and oxygen atoms in total. The molecule has 0 radical (unpaired) electrons. The zero-order valence-electron chi connectivity index (χ0n) is 10.5. The van der Waals surface area contributed by atoms with Crippen molar-refractivity contribution in [1.29, 1.82) is 0 Å². The van der Waals surface area contributed by atoms with E-state index in [1.165, 1.54) is 0 Å².